The monoisotopic (exact) mass is 298 g/mol. The lowest BCUT2D eigenvalue weighted by molar-refractivity contribution is -0.157. The third-order valence-electron chi connectivity index (χ3n) is 4.60. The lowest BCUT2D eigenvalue weighted by atomic mass is 9.61. The van der Waals surface area contributed by atoms with E-state index in [9.17, 15) is 19.2 Å². The average Bonchev–Trinajstić information content (AvgIpc) is 2.96. The maximum Gasteiger partial charge on any atom is 0.343 e. The number of hydrogen-bond acceptors (Lipinski definition) is 6. The van der Waals surface area contributed by atoms with Crippen LogP contribution in [0.15, 0.2) is 35.9 Å². The summed E-state index contributed by atoms with van der Waals surface area (Å²) in [7, 11) is 0. The van der Waals surface area contributed by atoms with E-state index in [1.165, 1.54) is 0 Å². The molecule has 0 bridgehead atoms. The zero-order valence-corrected chi connectivity index (χ0v) is 11.3. The van der Waals surface area contributed by atoms with Crippen molar-refractivity contribution in [1.82, 2.24) is 0 Å². The number of rotatable bonds is 1. The van der Waals surface area contributed by atoms with Crippen molar-refractivity contribution in [2.75, 3.05) is 0 Å². The van der Waals surface area contributed by atoms with Crippen molar-refractivity contribution < 1.29 is 28.7 Å². The van der Waals surface area contributed by atoms with Gasteiger partial charge in [0, 0.05) is 6.08 Å². The van der Waals surface area contributed by atoms with Crippen molar-refractivity contribution in [3.8, 4) is 0 Å². The summed E-state index contributed by atoms with van der Waals surface area (Å²) in [6.45, 7) is 0. The first-order valence-corrected chi connectivity index (χ1v) is 6.86. The average molecular weight is 298 g/mol. The minimum absolute atomic E-state index is 0.0761. The second kappa shape index (κ2) is 4.13. The molecular weight excluding hydrogens is 288 g/mol. The van der Waals surface area contributed by atoms with E-state index in [-0.39, 0.29) is 12.0 Å². The predicted octanol–water partition coefficient (Wildman–Crippen LogP) is 0.796. The van der Waals surface area contributed by atoms with Crippen LogP contribution in [0.5, 0.6) is 0 Å². The molecule has 0 spiro atoms. The van der Waals surface area contributed by atoms with E-state index in [4.69, 9.17) is 4.74 Å². The van der Waals surface area contributed by atoms with Crippen LogP contribution in [0.25, 0.3) is 0 Å². The SMILES string of the molecule is O=C1C=C(C23CCc4ccccc4C2C(=O)OC3=O)C(=O)O1. The summed E-state index contributed by atoms with van der Waals surface area (Å²) in [6.07, 6.45) is 1.74. The van der Waals surface area contributed by atoms with Gasteiger partial charge in [-0.1, -0.05) is 24.3 Å². The van der Waals surface area contributed by atoms with E-state index in [0.29, 0.717) is 12.0 Å². The van der Waals surface area contributed by atoms with E-state index in [1.807, 2.05) is 12.1 Å². The summed E-state index contributed by atoms with van der Waals surface area (Å²) >= 11 is 0. The Bertz CT molecular complexity index is 790. The molecule has 22 heavy (non-hydrogen) atoms. The van der Waals surface area contributed by atoms with Gasteiger partial charge in [-0.25, -0.2) is 9.59 Å². The van der Waals surface area contributed by atoms with Crippen LogP contribution in [0.1, 0.15) is 23.5 Å². The van der Waals surface area contributed by atoms with Crippen LogP contribution in [0.3, 0.4) is 0 Å². The van der Waals surface area contributed by atoms with Gasteiger partial charge in [-0.05, 0) is 24.0 Å². The number of carbonyl (C=O) groups is 4. The summed E-state index contributed by atoms with van der Waals surface area (Å²) in [6, 6.07) is 7.23. The normalized spacial score (nSPS) is 29.6. The van der Waals surface area contributed by atoms with Crippen LogP contribution in [-0.2, 0) is 35.1 Å². The zero-order chi connectivity index (χ0) is 15.5. The number of cyclic esters (lactones) is 4. The highest BCUT2D eigenvalue weighted by atomic mass is 16.6. The molecule has 2 atom stereocenters. The number of carbonyl (C=O) groups excluding carboxylic acids is 4. The molecule has 1 aliphatic carbocycles. The maximum absolute atomic E-state index is 12.4. The van der Waals surface area contributed by atoms with Crippen LogP contribution in [0, 0.1) is 5.41 Å². The molecule has 2 heterocycles. The van der Waals surface area contributed by atoms with Crippen molar-refractivity contribution >= 4 is 23.9 Å². The first-order valence-electron chi connectivity index (χ1n) is 6.86. The fraction of sp³-hybridized carbons (Fsp3) is 0.250. The number of ether oxygens (including phenoxy) is 2. The van der Waals surface area contributed by atoms with Crippen molar-refractivity contribution in [2.24, 2.45) is 5.41 Å². The molecule has 3 aliphatic rings. The maximum atomic E-state index is 12.4. The lowest BCUT2D eigenvalue weighted by Crippen LogP contribution is -2.40. The van der Waals surface area contributed by atoms with Gasteiger partial charge in [-0.2, -0.15) is 0 Å². The molecule has 0 aromatic heterocycles. The summed E-state index contributed by atoms with van der Waals surface area (Å²) in [5.41, 5.74) is 0.0767. The van der Waals surface area contributed by atoms with Crippen LogP contribution < -0.4 is 0 Å². The highest BCUT2D eigenvalue weighted by molar-refractivity contribution is 6.16. The Morgan fingerprint density at radius 1 is 1.05 bits per heavy atom. The summed E-state index contributed by atoms with van der Waals surface area (Å²) in [5, 5.41) is 0. The van der Waals surface area contributed by atoms with E-state index in [0.717, 1.165) is 11.6 Å². The van der Waals surface area contributed by atoms with Crippen molar-refractivity contribution in [1.29, 1.82) is 0 Å². The minimum atomic E-state index is -1.45. The Morgan fingerprint density at radius 3 is 2.55 bits per heavy atom. The van der Waals surface area contributed by atoms with Crippen LogP contribution in [0.2, 0.25) is 0 Å². The summed E-state index contributed by atoms with van der Waals surface area (Å²) in [4.78, 5) is 47.9. The summed E-state index contributed by atoms with van der Waals surface area (Å²) < 4.78 is 9.34. The molecule has 6 nitrogen and oxygen atoms in total. The molecule has 1 aromatic rings. The van der Waals surface area contributed by atoms with E-state index >= 15 is 0 Å². The number of aryl methyl sites for hydroxylation is 1. The lowest BCUT2D eigenvalue weighted by Gasteiger charge is -2.34. The molecule has 6 heteroatoms. The molecular formula is C16H10O6. The predicted molar refractivity (Wildman–Crippen MR) is 70.2 cm³/mol. The van der Waals surface area contributed by atoms with Gasteiger partial charge in [0.1, 0.15) is 11.3 Å². The molecule has 2 aliphatic heterocycles. The Balaban J connectivity index is 1.96. The molecule has 0 amide bonds. The number of hydrogen-bond donors (Lipinski definition) is 0. The van der Waals surface area contributed by atoms with Gasteiger partial charge in [0.2, 0.25) is 0 Å². The summed E-state index contributed by atoms with van der Waals surface area (Å²) in [5.74, 6) is -4.07. The third kappa shape index (κ3) is 1.44. The van der Waals surface area contributed by atoms with Gasteiger partial charge in [0.25, 0.3) is 0 Å². The number of fused-ring (bicyclic) bond motifs is 3. The third-order valence-corrected chi connectivity index (χ3v) is 4.60. The molecule has 1 saturated heterocycles. The van der Waals surface area contributed by atoms with E-state index in [1.54, 1.807) is 12.1 Å². The molecule has 1 fully saturated rings. The fourth-order valence-electron chi connectivity index (χ4n) is 3.64. The van der Waals surface area contributed by atoms with Gasteiger partial charge in [-0.15, -0.1) is 0 Å². The van der Waals surface area contributed by atoms with Gasteiger partial charge in [0.15, 0.2) is 0 Å². The number of esters is 4. The zero-order valence-electron chi connectivity index (χ0n) is 11.3. The Morgan fingerprint density at radius 2 is 1.82 bits per heavy atom. The van der Waals surface area contributed by atoms with Gasteiger partial charge >= 0.3 is 23.9 Å². The Labute approximate surface area is 124 Å². The van der Waals surface area contributed by atoms with E-state index < -0.39 is 35.2 Å². The van der Waals surface area contributed by atoms with Crippen LogP contribution in [-0.4, -0.2) is 23.9 Å². The van der Waals surface area contributed by atoms with Crippen LogP contribution >= 0.6 is 0 Å². The quantitative estimate of drug-likeness (QED) is 0.563. The highest BCUT2D eigenvalue weighted by Gasteiger charge is 2.64. The molecule has 110 valence electrons. The van der Waals surface area contributed by atoms with Crippen LogP contribution in [0.4, 0.5) is 0 Å². The molecule has 0 N–H and O–H groups in total. The first-order chi connectivity index (χ1) is 10.5. The fourth-order valence-corrected chi connectivity index (χ4v) is 3.64. The first kappa shape index (κ1) is 12.9. The second-order valence-electron chi connectivity index (χ2n) is 5.58. The Hall–Kier alpha value is -2.76. The largest absolute Gasteiger partial charge is 0.392 e. The molecule has 2 unspecified atom stereocenters. The smallest absolute Gasteiger partial charge is 0.343 e. The number of benzene rings is 1. The van der Waals surface area contributed by atoms with Crippen molar-refractivity contribution in [2.45, 2.75) is 18.8 Å². The van der Waals surface area contributed by atoms with Gasteiger partial charge in [0.05, 0.1) is 5.57 Å². The molecule has 1 aromatic carbocycles. The molecule has 0 saturated carbocycles. The van der Waals surface area contributed by atoms with E-state index in [2.05, 4.69) is 4.74 Å². The molecule has 0 radical (unpaired) electrons. The van der Waals surface area contributed by atoms with Gasteiger partial charge in [-0.3, -0.25) is 9.59 Å². The standard InChI is InChI=1S/C16H10O6/c17-11-7-10(13(18)21-11)16-6-5-8-3-1-2-4-9(8)12(16)14(19)22-15(16)20/h1-4,7,12H,5-6H2. The van der Waals surface area contributed by atoms with Gasteiger partial charge < -0.3 is 9.47 Å². The Kier molecular flexibility index (Phi) is 2.43. The molecule has 4 rings (SSSR count). The topological polar surface area (TPSA) is 86.7 Å². The second-order valence-corrected chi connectivity index (χ2v) is 5.58. The van der Waals surface area contributed by atoms with Crippen molar-refractivity contribution in [3.05, 3.63) is 47.0 Å². The minimum Gasteiger partial charge on any atom is -0.392 e. The van der Waals surface area contributed by atoms with Crippen molar-refractivity contribution in [3.63, 3.8) is 0 Å². The highest BCUT2D eigenvalue weighted by Crippen LogP contribution is 2.56.